The lowest BCUT2D eigenvalue weighted by Gasteiger charge is -2.24. The van der Waals surface area contributed by atoms with Crippen molar-refractivity contribution >= 4 is 11.6 Å². The van der Waals surface area contributed by atoms with E-state index >= 15 is 0 Å². The molecule has 3 N–H and O–H groups in total. The number of nitrogens with one attached hydrogen (secondary N) is 1. The number of fused-ring (bicyclic) bond motifs is 1. The van der Waals surface area contributed by atoms with Crippen molar-refractivity contribution < 1.29 is 9.53 Å². The third-order valence-corrected chi connectivity index (χ3v) is 3.41. The van der Waals surface area contributed by atoms with Crippen molar-refractivity contribution in [3.63, 3.8) is 0 Å². The third kappa shape index (κ3) is 2.64. The molecule has 98 valence electrons. The molecule has 1 aromatic rings. The first-order valence-electron chi connectivity index (χ1n) is 6.44. The van der Waals surface area contributed by atoms with Crippen LogP contribution in [0.15, 0.2) is 18.2 Å². The Morgan fingerprint density at radius 2 is 2.28 bits per heavy atom. The van der Waals surface area contributed by atoms with E-state index in [-0.39, 0.29) is 5.91 Å². The molecule has 0 bridgehead atoms. The van der Waals surface area contributed by atoms with Crippen LogP contribution in [0.3, 0.4) is 0 Å². The van der Waals surface area contributed by atoms with Gasteiger partial charge >= 0.3 is 0 Å². The SMILES string of the molecule is CCC(CN)Cc1ccc2c(c1)NC(=O)C(C)O2. The molecule has 0 aromatic heterocycles. The second-order valence-electron chi connectivity index (χ2n) is 4.79. The molecule has 0 radical (unpaired) electrons. The Kier molecular flexibility index (Phi) is 3.87. The van der Waals surface area contributed by atoms with E-state index in [1.807, 2.05) is 18.2 Å². The molecule has 1 aliphatic heterocycles. The smallest absolute Gasteiger partial charge is 0.265 e. The molecule has 1 aliphatic rings. The molecular weight excluding hydrogens is 228 g/mol. The molecule has 1 amide bonds. The Bertz CT molecular complexity index is 441. The predicted octanol–water partition coefficient (Wildman–Crippen LogP) is 1.93. The van der Waals surface area contributed by atoms with Gasteiger partial charge in [-0.05, 0) is 43.5 Å². The van der Waals surface area contributed by atoms with Crippen LogP contribution in [0.25, 0.3) is 0 Å². The van der Waals surface area contributed by atoms with Crippen LogP contribution in [0, 0.1) is 5.92 Å². The first-order valence-corrected chi connectivity index (χ1v) is 6.44. The number of carbonyl (C=O) groups excluding carboxylic acids is 1. The summed E-state index contributed by atoms with van der Waals surface area (Å²) in [4.78, 5) is 11.5. The van der Waals surface area contributed by atoms with E-state index in [0.29, 0.717) is 12.5 Å². The van der Waals surface area contributed by atoms with Gasteiger partial charge in [-0.15, -0.1) is 0 Å². The summed E-state index contributed by atoms with van der Waals surface area (Å²) in [6.45, 7) is 4.57. The van der Waals surface area contributed by atoms with Crippen LogP contribution in [0.4, 0.5) is 5.69 Å². The molecule has 0 saturated heterocycles. The van der Waals surface area contributed by atoms with Crippen LogP contribution in [0.1, 0.15) is 25.8 Å². The third-order valence-electron chi connectivity index (χ3n) is 3.41. The van der Waals surface area contributed by atoms with Gasteiger partial charge < -0.3 is 15.8 Å². The van der Waals surface area contributed by atoms with Crippen LogP contribution in [-0.4, -0.2) is 18.6 Å². The predicted molar refractivity (Wildman–Crippen MR) is 71.7 cm³/mol. The highest BCUT2D eigenvalue weighted by atomic mass is 16.5. The summed E-state index contributed by atoms with van der Waals surface area (Å²) in [5, 5.41) is 2.86. The van der Waals surface area contributed by atoms with Gasteiger partial charge in [0.2, 0.25) is 0 Å². The summed E-state index contributed by atoms with van der Waals surface area (Å²) in [5.74, 6) is 1.14. The highest BCUT2D eigenvalue weighted by molar-refractivity contribution is 5.97. The largest absolute Gasteiger partial charge is 0.479 e. The normalized spacial score (nSPS) is 19.7. The van der Waals surface area contributed by atoms with Crippen molar-refractivity contribution in [3.8, 4) is 5.75 Å². The minimum absolute atomic E-state index is 0.0921. The van der Waals surface area contributed by atoms with Gasteiger partial charge in [0.15, 0.2) is 6.10 Å². The number of rotatable bonds is 4. The van der Waals surface area contributed by atoms with E-state index in [4.69, 9.17) is 10.5 Å². The van der Waals surface area contributed by atoms with Gasteiger partial charge in [0.05, 0.1) is 5.69 Å². The highest BCUT2D eigenvalue weighted by Crippen LogP contribution is 2.31. The number of ether oxygens (including phenoxy) is 1. The van der Waals surface area contributed by atoms with E-state index in [1.165, 1.54) is 5.56 Å². The van der Waals surface area contributed by atoms with Crippen molar-refractivity contribution in [2.75, 3.05) is 11.9 Å². The second kappa shape index (κ2) is 5.40. The number of hydrogen-bond donors (Lipinski definition) is 2. The van der Waals surface area contributed by atoms with E-state index < -0.39 is 6.10 Å². The topological polar surface area (TPSA) is 64.3 Å². The molecular formula is C14H20N2O2. The molecule has 2 unspecified atom stereocenters. The summed E-state index contributed by atoms with van der Waals surface area (Å²) in [7, 11) is 0. The van der Waals surface area contributed by atoms with Gasteiger partial charge in [-0.25, -0.2) is 0 Å². The van der Waals surface area contributed by atoms with E-state index in [0.717, 1.165) is 24.3 Å². The van der Waals surface area contributed by atoms with Crippen molar-refractivity contribution in [1.29, 1.82) is 0 Å². The first-order chi connectivity index (χ1) is 8.63. The van der Waals surface area contributed by atoms with Gasteiger partial charge in [0.1, 0.15) is 5.75 Å². The number of nitrogens with two attached hydrogens (primary N) is 1. The van der Waals surface area contributed by atoms with Gasteiger partial charge in [0.25, 0.3) is 5.91 Å². The van der Waals surface area contributed by atoms with Gasteiger partial charge in [-0.1, -0.05) is 19.4 Å². The Hall–Kier alpha value is -1.55. The van der Waals surface area contributed by atoms with E-state index in [2.05, 4.69) is 12.2 Å². The van der Waals surface area contributed by atoms with Crippen LogP contribution >= 0.6 is 0 Å². The average molecular weight is 248 g/mol. The zero-order valence-electron chi connectivity index (χ0n) is 10.9. The lowest BCUT2D eigenvalue weighted by molar-refractivity contribution is -0.122. The Labute approximate surface area is 108 Å². The lowest BCUT2D eigenvalue weighted by atomic mass is 9.96. The molecule has 0 spiro atoms. The summed E-state index contributed by atoms with van der Waals surface area (Å²) in [6.07, 6.45) is 1.58. The van der Waals surface area contributed by atoms with Gasteiger partial charge in [0, 0.05) is 0 Å². The molecule has 1 aromatic carbocycles. The fraction of sp³-hybridized carbons (Fsp3) is 0.500. The number of anilines is 1. The molecule has 4 heteroatoms. The standard InChI is InChI=1S/C14H20N2O2/c1-3-10(8-15)6-11-4-5-13-12(7-11)16-14(17)9(2)18-13/h4-5,7,9-10H,3,6,8,15H2,1-2H3,(H,16,17). The number of carbonyl (C=O) groups is 1. The Morgan fingerprint density at radius 1 is 1.50 bits per heavy atom. The molecule has 0 fully saturated rings. The van der Waals surface area contributed by atoms with Crippen LogP contribution in [0.2, 0.25) is 0 Å². The molecule has 18 heavy (non-hydrogen) atoms. The minimum atomic E-state index is -0.421. The fourth-order valence-corrected chi connectivity index (χ4v) is 2.11. The zero-order chi connectivity index (χ0) is 13.1. The number of hydrogen-bond acceptors (Lipinski definition) is 3. The summed E-state index contributed by atoms with van der Waals surface area (Å²) in [5.41, 5.74) is 7.67. The molecule has 0 saturated carbocycles. The number of amides is 1. The van der Waals surface area contributed by atoms with Crippen LogP contribution < -0.4 is 15.8 Å². The van der Waals surface area contributed by atoms with Crippen molar-refractivity contribution in [2.45, 2.75) is 32.8 Å². The van der Waals surface area contributed by atoms with Crippen molar-refractivity contribution in [2.24, 2.45) is 11.7 Å². The minimum Gasteiger partial charge on any atom is -0.479 e. The van der Waals surface area contributed by atoms with Gasteiger partial charge in [-0.2, -0.15) is 0 Å². The zero-order valence-corrected chi connectivity index (χ0v) is 10.9. The quantitative estimate of drug-likeness (QED) is 0.855. The molecule has 0 aliphatic carbocycles. The molecule has 2 atom stereocenters. The second-order valence-corrected chi connectivity index (χ2v) is 4.79. The van der Waals surface area contributed by atoms with Crippen LogP contribution in [0.5, 0.6) is 5.75 Å². The van der Waals surface area contributed by atoms with Crippen molar-refractivity contribution in [1.82, 2.24) is 0 Å². The molecule has 1 heterocycles. The lowest BCUT2D eigenvalue weighted by Crippen LogP contribution is -2.34. The summed E-state index contributed by atoms with van der Waals surface area (Å²) in [6, 6.07) is 5.95. The Morgan fingerprint density at radius 3 is 2.94 bits per heavy atom. The summed E-state index contributed by atoms with van der Waals surface area (Å²) < 4.78 is 5.52. The maximum Gasteiger partial charge on any atom is 0.265 e. The molecule has 4 nitrogen and oxygen atoms in total. The van der Waals surface area contributed by atoms with Crippen LogP contribution in [-0.2, 0) is 11.2 Å². The highest BCUT2D eigenvalue weighted by Gasteiger charge is 2.23. The summed E-state index contributed by atoms with van der Waals surface area (Å²) >= 11 is 0. The fourth-order valence-electron chi connectivity index (χ4n) is 2.11. The van der Waals surface area contributed by atoms with E-state index in [9.17, 15) is 4.79 Å². The van der Waals surface area contributed by atoms with Crippen molar-refractivity contribution in [3.05, 3.63) is 23.8 Å². The average Bonchev–Trinajstić information content (AvgIpc) is 2.37. The maximum atomic E-state index is 11.5. The first kappa shape index (κ1) is 12.9. The number of benzene rings is 1. The monoisotopic (exact) mass is 248 g/mol. The van der Waals surface area contributed by atoms with E-state index in [1.54, 1.807) is 6.92 Å². The maximum absolute atomic E-state index is 11.5. The Balaban J connectivity index is 2.17. The molecule has 2 rings (SSSR count). The van der Waals surface area contributed by atoms with Gasteiger partial charge in [-0.3, -0.25) is 4.79 Å².